The minimum Gasteiger partial charge on any atom is -0.383 e. The molecule has 2 atom stereocenters. The van der Waals surface area contributed by atoms with Crippen molar-refractivity contribution in [2.24, 2.45) is 5.73 Å². The highest BCUT2D eigenvalue weighted by Gasteiger charge is 2.31. The standard InChI is InChI=1S/C16H23FN2O2/c1-21-11-13-6-4-10-19(13)16(20)15(18)9-8-12-5-2-3-7-14(12)17/h2-3,5,7,13,15H,4,6,8-11,18H2,1H3/t13-,15-/m1/s1. The molecule has 1 aromatic carbocycles. The van der Waals surface area contributed by atoms with Crippen molar-refractivity contribution >= 4 is 5.91 Å². The van der Waals surface area contributed by atoms with E-state index >= 15 is 0 Å². The number of hydrogen-bond donors (Lipinski definition) is 1. The number of aryl methyl sites for hydroxylation is 1. The molecule has 1 heterocycles. The largest absolute Gasteiger partial charge is 0.383 e. The summed E-state index contributed by atoms with van der Waals surface area (Å²) in [6.07, 6.45) is 2.87. The second kappa shape index (κ2) is 7.52. The molecular weight excluding hydrogens is 271 g/mol. The smallest absolute Gasteiger partial charge is 0.239 e. The third-order valence-corrected chi connectivity index (χ3v) is 4.02. The molecule has 1 fully saturated rings. The first-order valence-electron chi connectivity index (χ1n) is 7.42. The van der Waals surface area contributed by atoms with Gasteiger partial charge >= 0.3 is 0 Å². The summed E-state index contributed by atoms with van der Waals surface area (Å²) in [6.45, 7) is 1.28. The Balaban J connectivity index is 1.89. The molecule has 1 aliphatic rings. The molecule has 0 unspecified atom stereocenters. The number of carbonyl (C=O) groups is 1. The Kier molecular flexibility index (Phi) is 5.70. The van der Waals surface area contributed by atoms with Gasteiger partial charge in [-0.2, -0.15) is 0 Å². The maximum Gasteiger partial charge on any atom is 0.239 e. The highest BCUT2D eigenvalue weighted by molar-refractivity contribution is 5.82. The number of carbonyl (C=O) groups excluding carboxylic acids is 1. The van der Waals surface area contributed by atoms with Gasteiger partial charge in [-0.1, -0.05) is 18.2 Å². The van der Waals surface area contributed by atoms with Gasteiger partial charge in [0.15, 0.2) is 0 Å². The molecule has 0 spiro atoms. The summed E-state index contributed by atoms with van der Waals surface area (Å²) >= 11 is 0. The van der Waals surface area contributed by atoms with E-state index in [-0.39, 0.29) is 17.8 Å². The zero-order valence-electron chi connectivity index (χ0n) is 12.4. The van der Waals surface area contributed by atoms with Crippen molar-refractivity contribution < 1.29 is 13.9 Å². The van der Waals surface area contributed by atoms with E-state index in [1.54, 1.807) is 25.3 Å². The number of benzene rings is 1. The molecule has 21 heavy (non-hydrogen) atoms. The third-order valence-electron chi connectivity index (χ3n) is 4.02. The van der Waals surface area contributed by atoms with Gasteiger partial charge < -0.3 is 15.4 Å². The van der Waals surface area contributed by atoms with E-state index in [9.17, 15) is 9.18 Å². The highest BCUT2D eigenvalue weighted by Crippen LogP contribution is 2.19. The van der Waals surface area contributed by atoms with Crippen LogP contribution in [-0.2, 0) is 16.0 Å². The van der Waals surface area contributed by atoms with Gasteiger partial charge in [-0.25, -0.2) is 4.39 Å². The maximum absolute atomic E-state index is 13.6. The van der Waals surface area contributed by atoms with Crippen LogP contribution in [0.3, 0.4) is 0 Å². The van der Waals surface area contributed by atoms with Gasteiger partial charge in [0.2, 0.25) is 5.91 Å². The molecule has 116 valence electrons. The fourth-order valence-corrected chi connectivity index (χ4v) is 2.84. The van der Waals surface area contributed by atoms with Gasteiger partial charge in [-0.3, -0.25) is 4.79 Å². The lowest BCUT2D eigenvalue weighted by atomic mass is 10.0. The maximum atomic E-state index is 13.6. The molecule has 1 aromatic rings. The van der Waals surface area contributed by atoms with Gasteiger partial charge in [0.25, 0.3) is 0 Å². The molecule has 1 aliphatic heterocycles. The Bertz CT molecular complexity index is 481. The summed E-state index contributed by atoms with van der Waals surface area (Å²) in [5.41, 5.74) is 6.61. The van der Waals surface area contributed by atoms with Crippen molar-refractivity contribution in [2.45, 2.75) is 37.8 Å². The summed E-state index contributed by atoms with van der Waals surface area (Å²) in [4.78, 5) is 14.2. The molecule has 1 amide bonds. The molecule has 2 rings (SSSR count). The number of hydrogen-bond acceptors (Lipinski definition) is 3. The van der Waals surface area contributed by atoms with Gasteiger partial charge in [0.1, 0.15) is 5.82 Å². The van der Waals surface area contributed by atoms with Crippen LogP contribution in [-0.4, -0.2) is 43.2 Å². The van der Waals surface area contributed by atoms with Crippen LogP contribution in [0.15, 0.2) is 24.3 Å². The fraction of sp³-hybridized carbons (Fsp3) is 0.562. The van der Waals surface area contributed by atoms with Crippen molar-refractivity contribution in [1.82, 2.24) is 4.90 Å². The first-order valence-corrected chi connectivity index (χ1v) is 7.42. The number of nitrogens with zero attached hydrogens (tertiary/aromatic N) is 1. The zero-order chi connectivity index (χ0) is 15.2. The number of nitrogens with two attached hydrogens (primary N) is 1. The Morgan fingerprint density at radius 2 is 2.29 bits per heavy atom. The van der Waals surface area contributed by atoms with Gasteiger partial charge in [0, 0.05) is 13.7 Å². The molecule has 1 saturated heterocycles. The van der Waals surface area contributed by atoms with Crippen LogP contribution >= 0.6 is 0 Å². The number of methoxy groups -OCH3 is 1. The van der Waals surface area contributed by atoms with E-state index in [0.29, 0.717) is 25.0 Å². The summed E-state index contributed by atoms with van der Waals surface area (Å²) < 4.78 is 18.7. The minimum absolute atomic E-state index is 0.0501. The monoisotopic (exact) mass is 294 g/mol. The van der Waals surface area contributed by atoms with E-state index in [0.717, 1.165) is 19.4 Å². The number of ether oxygens (including phenoxy) is 1. The van der Waals surface area contributed by atoms with Crippen LogP contribution in [0.4, 0.5) is 4.39 Å². The molecule has 0 aliphatic carbocycles. The highest BCUT2D eigenvalue weighted by atomic mass is 19.1. The molecular formula is C16H23FN2O2. The van der Waals surface area contributed by atoms with Crippen molar-refractivity contribution in [3.63, 3.8) is 0 Å². The number of amides is 1. The Morgan fingerprint density at radius 1 is 1.52 bits per heavy atom. The lowest BCUT2D eigenvalue weighted by Gasteiger charge is -2.27. The molecule has 4 nitrogen and oxygen atoms in total. The Morgan fingerprint density at radius 3 is 3.00 bits per heavy atom. The van der Waals surface area contributed by atoms with Crippen LogP contribution in [0, 0.1) is 5.82 Å². The van der Waals surface area contributed by atoms with Gasteiger partial charge in [-0.15, -0.1) is 0 Å². The van der Waals surface area contributed by atoms with Crippen LogP contribution in [0.1, 0.15) is 24.8 Å². The second-order valence-electron chi connectivity index (χ2n) is 5.52. The summed E-state index contributed by atoms with van der Waals surface area (Å²) in [5, 5.41) is 0. The predicted molar refractivity (Wildman–Crippen MR) is 79.3 cm³/mol. The van der Waals surface area contributed by atoms with Crippen LogP contribution in [0.25, 0.3) is 0 Å². The lowest BCUT2D eigenvalue weighted by molar-refractivity contribution is -0.134. The SMILES string of the molecule is COC[C@H]1CCCN1C(=O)[C@H](N)CCc1ccccc1F. The Hall–Kier alpha value is -1.46. The van der Waals surface area contributed by atoms with E-state index in [4.69, 9.17) is 10.5 Å². The van der Waals surface area contributed by atoms with E-state index < -0.39 is 6.04 Å². The first-order chi connectivity index (χ1) is 10.1. The first kappa shape index (κ1) is 15.9. The molecule has 0 aromatic heterocycles. The van der Waals surface area contributed by atoms with Gasteiger partial charge in [0.05, 0.1) is 18.7 Å². The molecule has 0 saturated carbocycles. The number of halogens is 1. The Labute approximate surface area is 125 Å². The zero-order valence-corrected chi connectivity index (χ0v) is 12.4. The average molecular weight is 294 g/mol. The van der Waals surface area contributed by atoms with Crippen molar-refractivity contribution in [3.8, 4) is 0 Å². The third kappa shape index (κ3) is 4.02. The van der Waals surface area contributed by atoms with E-state index in [1.807, 2.05) is 4.90 Å². The predicted octanol–water partition coefficient (Wildman–Crippen LogP) is 1.72. The average Bonchev–Trinajstić information content (AvgIpc) is 2.94. The van der Waals surface area contributed by atoms with Crippen LogP contribution in [0.2, 0.25) is 0 Å². The number of rotatable bonds is 6. The summed E-state index contributed by atoms with van der Waals surface area (Å²) in [6, 6.07) is 6.15. The lowest BCUT2D eigenvalue weighted by Crippen LogP contribution is -2.47. The van der Waals surface area contributed by atoms with E-state index in [2.05, 4.69) is 0 Å². The molecule has 0 bridgehead atoms. The molecule has 2 N–H and O–H groups in total. The minimum atomic E-state index is -0.581. The van der Waals surface area contributed by atoms with Crippen LogP contribution < -0.4 is 5.73 Å². The normalized spacial score (nSPS) is 19.8. The second-order valence-corrected chi connectivity index (χ2v) is 5.52. The molecule has 5 heteroatoms. The molecule has 0 radical (unpaired) electrons. The topological polar surface area (TPSA) is 55.6 Å². The summed E-state index contributed by atoms with van der Waals surface area (Å²) in [5.74, 6) is -0.290. The quantitative estimate of drug-likeness (QED) is 0.869. The van der Waals surface area contributed by atoms with Gasteiger partial charge in [-0.05, 0) is 37.3 Å². The van der Waals surface area contributed by atoms with Crippen LogP contribution in [0.5, 0.6) is 0 Å². The van der Waals surface area contributed by atoms with E-state index in [1.165, 1.54) is 6.07 Å². The number of likely N-dealkylation sites (tertiary alicyclic amines) is 1. The van der Waals surface area contributed by atoms with Crippen molar-refractivity contribution in [3.05, 3.63) is 35.6 Å². The van der Waals surface area contributed by atoms with Crippen molar-refractivity contribution in [2.75, 3.05) is 20.3 Å². The fourth-order valence-electron chi connectivity index (χ4n) is 2.84. The van der Waals surface area contributed by atoms with Crippen molar-refractivity contribution in [1.29, 1.82) is 0 Å². The summed E-state index contributed by atoms with van der Waals surface area (Å²) in [7, 11) is 1.64.